The highest BCUT2D eigenvalue weighted by Gasteiger charge is 2.31. The third kappa shape index (κ3) is 2.97. The van der Waals surface area contributed by atoms with Gasteiger partial charge in [-0.15, -0.1) is 0 Å². The Bertz CT molecular complexity index is 813. The number of benzene rings is 2. The first-order valence-electron chi connectivity index (χ1n) is 6.82. The van der Waals surface area contributed by atoms with Crippen molar-refractivity contribution in [2.75, 3.05) is 4.90 Å². The maximum absolute atomic E-state index is 12.5. The van der Waals surface area contributed by atoms with Gasteiger partial charge in [-0.3, -0.25) is 9.69 Å². The molecule has 114 valence electrons. The first-order valence-corrected chi connectivity index (χ1v) is 7.22. The molecule has 0 aromatic heterocycles. The van der Waals surface area contributed by atoms with Gasteiger partial charge in [-0.1, -0.05) is 30.3 Å². The number of para-hydroxylation sites is 1. The zero-order valence-electron chi connectivity index (χ0n) is 11.9. The predicted molar refractivity (Wildman–Crippen MR) is 91.0 cm³/mol. The third-order valence-electron chi connectivity index (χ3n) is 3.36. The van der Waals surface area contributed by atoms with E-state index in [9.17, 15) is 9.59 Å². The Morgan fingerprint density at radius 2 is 1.74 bits per heavy atom. The van der Waals surface area contributed by atoms with Crippen LogP contribution in [0, 0.1) is 0 Å². The summed E-state index contributed by atoms with van der Waals surface area (Å²) in [6, 6.07) is 15.4. The summed E-state index contributed by atoms with van der Waals surface area (Å²) in [7, 11) is 0. The Morgan fingerprint density at radius 3 is 2.35 bits per heavy atom. The van der Waals surface area contributed by atoms with E-state index in [0.29, 0.717) is 22.1 Å². The number of hydrogen-bond donors (Lipinski definition) is 2. The summed E-state index contributed by atoms with van der Waals surface area (Å²) in [5, 5.41) is 12.1. The molecule has 1 fully saturated rings. The number of anilines is 1. The number of nitrogens with one attached hydrogen (secondary N) is 1. The predicted octanol–water partition coefficient (Wildman–Crippen LogP) is 2.65. The number of amides is 1. The third-order valence-corrected chi connectivity index (χ3v) is 3.65. The largest absolute Gasteiger partial charge is 0.478 e. The van der Waals surface area contributed by atoms with Crippen molar-refractivity contribution in [3.05, 3.63) is 71.4 Å². The molecule has 3 rings (SSSR count). The lowest BCUT2D eigenvalue weighted by atomic mass is 10.1. The van der Waals surface area contributed by atoms with Gasteiger partial charge in [-0.25, -0.2) is 4.79 Å². The van der Waals surface area contributed by atoms with Crippen molar-refractivity contribution in [3.8, 4) is 0 Å². The van der Waals surface area contributed by atoms with Crippen LogP contribution in [-0.2, 0) is 4.79 Å². The minimum absolute atomic E-state index is 0.194. The highest BCUT2D eigenvalue weighted by molar-refractivity contribution is 7.80. The molecule has 6 heteroatoms. The van der Waals surface area contributed by atoms with Crippen molar-refractivity contribution in [1.82, 2.24) is 5.32 Å². The minimum Gasteiger partial charge on any atom is -0.478 e. The van der Waals surface area contributed by atoms with Crippen molar-refractivity contribution in [2.24, 2.45) is 0 Å². The van der Waals surface area contributed by atoms with Crippen LogP contribution in [0.15, 0.2) is 60.3 Å². The quantitative estimate of drug-likeness (QED) is 0.671. The first kappa shape index (κ1) is 14.9. The van der Waals surface area contributed by atoms with E-state index >= 15 is 0 Å². The van der Waals surface area contributed by atoms with Crippen LogP contribution in [0.5, 0.6) is 0 Å². The zero-order chi connectivity index (χ0) is 16.4. The van der Waals surface area contributed by atoms with Crippen LogP contribution in [0.2, 0.25) is 0 Å². The van der Waals surface area contributed by atoms with Crippen LogP contribution >= 0.6 is 12.2 Å². The van der Waals surface area contributed by atoms with Gasteiger partial charge in [0.15, 0.2) is 5.11 Å². The van der Waals surface area contributed by atoms with Gasteiger partial charge in [0.25, 0.3) is 5.91 Å². The average molecular weight is 324 g/mol. The number of carboxylic acids is 1. The lowest BCUT2D eigenvalue weighted by Gasteiger charge is -2.13. The van der Waals surface area contributed by atoms with E-state index in [2.05, 4.69) is 5.32 Å². The van der Waals surface area contributed by atoms with Crippen molar-refractivity contribution in [1.29, 1.82) is 0 Å². The van der Waals surface area contributed by atoms with Crippen LogP contribution < -0.4 is 10.2 Å². The fraction of sp³-hybridized carbons (Fsp3) is 0. The monoisotopic (exact) mass is 324 g/mol. The molecule has 1 aliphatic rings. The Labute approximate surface area is 137 Å². The zero-order valence-corrected chi connectivity index (χ0v) is 12.7. The Hall–Kier alpha value is -2.99. The molecule has 5 nitrogen and oxygen atoms in total. The molecule has 2 aromatic rings. The average Bonchev–Trinajstić information content (AvgIpc) is 2.82. The van der Waals surface area contributed by atoms with E-state index in [-0.39, 0.29) is 11.5 Å². The summed E-state index contributed by atoms with van der Waals surface area (Å²) in [5.41, 5.74) is 1.95. The second kappa shape index (κ2) is 6.02. The molecule has 2 N–H and O–H groups in total. The van der Waals surface area contributed by atoms with E-state index in [4.69, 9.17) is 17.3 Å². The standard InChI is InChI=1S/C17H12N2O3S/c20-15-14(10-11-6-8-12(9-7-11)16(21)22)18-17(23)19(15)13-4-2-1-3-5-13/h1-10H,(H,18,23)(H,21,22)/b14-10-. The van der Waals surface area contributed by atoms with Crippen molar-refractivity contribution in [2.45, 2.75) is 0 Å². The summed E-state index contributed by atoms with van der Waals surface area (Å²) in [6.07, 6.45) is 1.64. The van der Waals surface area contributed by atoms with Gasteiger partial charge in [0, 0.05) is 0 Å². The van der Waals surface area contributed by atoms with Gasteiger partial charge >= 0.3 is 5.97 Å². The maximum atomic E-state index is 12.5. The van der Waals surface area contributed by atoms with Gasteiger partial charge < -0.3 is 10.4 Å². The molecule has 1 amide bonds. The molecule has 1 saturated heterocycles. The number of hydrogen-bond acceptors (Lipinski definition) is 3. The molecular formula is C17H12N2O3S. The van der Waals surface area contributed by atoms with E-state index < -0.39 is 5.97 Å². The fourth-order valence-electron chi connectivity index (χ4n) is 2.24. The van der Waals surface area contributed by atoms with Crippen LogP contribution in [0.4, 0.5) is 5.69 Å². The van der Waals surface area contributed by atoms with Gasteiger partial charge in [0.05, 0.1) is 11.3 Å². The minimum atomic E-state index is -0.990. The number of carbonyl (C=O) groups is 2. The molecule has 0 spiro atoms. The molecule has 0 saturated carbocycles. The molecule has 0 unspecified atom stereocenters. The molecular weight excluding hydrogens is 312 g/mol. The van der Waals surface area contributed by atoms with Crippen LogP contribution in [-0.4, -0.2) is 22.1 Å². The molecule has 0 atom stereocenters. The van der Waals surface area contributed by atoms with Gasteiger partial charge in [-0.2, -0.15) is 0 Å². The Balaban J connectivity index is 1.88. The van der Waals surface area contributed by atoms with E-state index in [1.165, 1.54) is 17.0 Å². The second-order valence-electron chi connectivity index (χ2n) is 4.89. The van der Waals surface area contributed by atoms with E-state index in [0.717, 1.165) is 0 Å². The summed E-state index contributed by atoms with van der Waals surface area (Å²) in [5.74, 6) is -1.24. The van der Waals surface area contributed by atoms with Crippen molar-refractivity contribution >= 4 is 41.0 Å². The molecule has 0 bridgehead atoms. The van der Waals surface area contributed by atoms with Crippen molar-refractivity contribution in [3.63, 3.8) is 0 Å². The normalized spacial score (nSPS) is 15.8. The number of carboxylic acid groups (broad SMARTS) is 1. The molecule has 0 radical (unpaired) electrons. The summed E-state index contributed by atoms with van der Waals surface area (Å²) >= 11 is 5.22. The van der Waals surface area contributed by atoms with E-state index in [1.807, 2.05) is 18.2 Å². The fourth-order valence-corrected chi connectivity index (χ4v) is 2.53. The summed E-state index contributed by atoms with van der Waals surface area (Å²) in [4.78, 5) is 24.8. The SMILES string of the molecule is O=C(O)c1ccc(/C=C2\NC(=S)N(c3ccccc3)C2=O)cc1. The topological polar surface area (TPSA) is 69.6 Å². The van der Waals surface area contributed by atoms with Crippen LogP contribution in [0.1, 0.15) is 15.9 Å². The van der Waals surface area contributed by atoms with Crippen LogP contribution in [0.3, 0.4) is 0 Å². The van der Waals surface area contributed by atoms with Gasteiger partial charge in [0.1, 0.15) is 5.70 Å². The molecule has 23 heavy (non-hydrogen) atoms. The van der Waals surface area contributed by atoms with E-state index in [1.54, 1.807) is 30.3 Å². The molecule has 2 aromatic carbocycles. The maximum Gasteiger partial charge on any atom is 0.335 e. The van der Waals surface area contributed by atoms with Gasteiger partial charge in [0.2, 0.25) is 0 Å². The first-order chi connectivity index (χ1) is 11.1. The lowest BCUT2D eigenvalue weighted by Crippen LogP contribution is -2.30. The Morgan fingerprint density at radius 1 is 1.09 bits per heavy atom. The highest BCUT2D eigenvalue weighted by atomic mass is 32.1. The molecule has 1 heterocycles. The number of rotatable bonds is 3. The summed E-state index contributed by atoms with van der Waals surface area (Å²) in [6.45, 7) is 0. The Kier molecular flexibility index (Phi) is 3.91. The van der Waals surface area contributed by atoms with Gasteiger partial charge in [-0.05, 0) is 48.1 Å². The second-order valence-corrected chi connectivity index (χ2v) is 5.28. The van der Waals surface area contributed by atoms with Crippen molar-refractivity contribution < 1.29 is 14.7 Å². The number of carbonyl (C=O) groups excluding carboxylic acids is 1. The smallest absolute Gasteiger partial charge is 0.335 e. The lowest BCUT2D eigenvalue weighted by molar-refractivity contribution is -0.113. The number of aromatic carboxylic acids is 1. The highest BCUT2D eigenvalue weighted by Crippen LogP contribution is 2.22. The number of thiocarbonyl (C=S) groups is 1. The number of nitrogens with zero attached hydrogens (tertiary/aromatic N) is 1. The van der Waals surface area contributed by atoms with Crippen LogP contribution in [0.25, 0.3) is 6.08 Å². The molecule has 0 aliphatic carbocycles. The molecule has 1 aliphatic heterocycles. The summed E-state index contributed by atoms with van der Waals surface area (Å²) < 4.78 is 0.